The number of allylic oxidation sites excluding steroid dienone is 6. The molecule has 0 saturated heterocycles. The highest BCUT2D eigenvalue weighted by Crippen LogP contribution is 2.44. The van der Waals surface area contributed by atoms with Gasteiger partial charge in [-0.1, -0.05) is 58.5 Å². The maximum atomic E-state index is 4.99. The Morgan fingerprint density at radius 1 is 1.17 bits per heavy atom. The van der Waals surface area contributed by atoms with Gasteiger partial charge in [-0.3, -0.25) is 0 Å². The highest BCUT2D eigenvalue weighted by atomic mass is 79.9. The van der Waals surface area contributed by atoms with Crippen LogP contribution in [0.1, 0.15) is 30.2 Å². The van der Waals surface area contributed by atoms with Crippen LogP contribution < -0.4 is 0 Å². The molecule has 0 bridgehead atoms. The number of aromatic nitrogens is 1. The van der Waals surface area contributed by atoms with Gasteiger partial charge < -0.3 is 0 Å². The second kappa shape index (κ2) is 5.86. The zero-order chi connectivity index (χ0) is 16.8. The van der Waals surface area contributed by atoms with Gasteiger partial charge in [0.1, 0.15) is 0 Å². The number of hydrogen-bond acceptors (Lipinski definition) is 1. The lowest BCUT2D eigenvalue weighted by atomic mass is 9.88. The van der Waals surface area contributed by atoms with Gasteiger partial charge in [0.2, 0.25) is 0 Å². The van der Waals surface area contributed by atoms with Gasteiger partial charge in [-0.25, -0.2) is 4.98 Å². The predicted octanol–water partition coefficient (Wildman–Crippen LogP) is 6.48. The molecule has 1 aromatic carbocycles. The van der Waals surface area contributed by atoms with E-state index >= 15 is 0 Å². The highest BCUT2D eigenvalue weighted by Gasteiger charge is 2.31. The van der Waals surface area contributed by atoms with Crippen LogP contribution in [0, 0.1) is 18.8 Å². The van der Waals surface area contributed by atoms with E-state index in [9.17, 15) is 0 Å². The van der Waals surface area contributed by atoms with E-state index in [-0.39, 0.29) is 0 Å². The Hall–Kier alpha value is -1.93. The van der Waals surface area contributed by atoms with Crippen LogP contribution in [0.3, 0.4) is 0 Å². The van der Waals surface area contributed by atoms with Crippen molar-refractivity contribution >= 4 is 38.5 Å². The minimum absolute atomic E-state index is 0.527. The summed E-state index contributed by atoms with van der Waals surface area (Å²) in [4.78, 5) is 4.99. The normalized spacial score (nSPS) is 22.3. The van der Waals surface area contributed by atoms with Gasteiger partial charge in [0.15, 0.2) is 0 Å². The third-order valence-corrected chi connectivity index (χ3v) is 6.17. The average molecular weight is 378 g/mol. The van der Waals surface area contributed by atoms with Crippen molar-refractivity contribution in [2.75, 3.05) is 0 Å². The zero-order valence-corrected chi connectivity index (χ0v) is 15.6. The van der Waals surface area contributed by atoms with Crippen LogP contribution in [0.4, 0.5) is 0 Å². The molecule has 2 aliphatic rings. The topological polar surface area (TPSA) is 12.9 Å². The second-order valence-electron chi connectivity index (χ2n) is 6.74. The lowest BCUT2D eigenvalue weighted by Gasteiger charge is -2.16. The number of nitrogens with zero attached hydrogens (tertiary/aromatic N) is 1. The Morgan fingerprint density at radius 2 is 1.96 bits per heavy atom. The molecule has 2 aliphatic carbocycles. The van der Waals surface area contributed by atoms with Crippen LogP contribution in [0.2, 0.25) is 0 Å². The largest absolute Gasteiger partial charge is 0.248 e. The van der Waals surface area contributed by atoms with E-state index < -0.39 is 0 Å². The first kappa shape index (κ1) is 15.6. The van der Waals surface area contributed by atoms with E-state index in [1.807, 2.05) is 6.08 Å². The summed E-state index contributed by atoms with van der Waals surface area (Å²) in [5, 5.41) is 1.17. The second-order valence-corrected chi connectivity index (χ2v) is 7.60. The summed E-state index contributed by atoms with van der Waals surface area (Å²) in [7, 11) is 0. The molecule has 0 spiro atoms. The molecule has 0 radical (unpaired) electrons. The number of pyridine rings is 1. The number of halogens is 1. The summed E-state index contributed by atoms with van der Waals surface area (Å²) in [5.41, 5.74) is 7.35. The molecule has 2 atom stereocenters. The third-order valence-electron chi connectivity index (χ3n) is 5.32. The lowest BCUT2D eigenvalue weighted by Crippen LogP contribution is -2.06. The molecule has 2 heteroatoms. The van der Waals surface area contributed by atoms with E-state index in [1.54, 1.807) is 0 Å². The summed E-state index contributed by atoms with van der Waals surface area (Å²) in [6, 6.07) is 6.51. The van der Waals surface area contributed by atoms with E-state index in [4.69, 9.17) is 4.98 Å². The molecule has 1 aromatic heterocycles. The van der Waals surface area contributed by atoms with Gasteiger partial charge in [-0.05, 0) is 61.1 Å². The van der Waals surface area contributed by atoms with E-state index in [0.717, 1.165) is 27.7 Å². The van der Waals surface area contributed by atoms with Crippen LogP contribution in [-0.2, 0) is 0 Å². The monoisotopic (exact) mass is 377 g/mol. The summed E-state index contributed by atoms with van der Waals surface area (Å²) in [6.45, 7) is 8.38. The molecule has 1 nitrogen and oxygen atoms in total. The van der Waals surface area contributed by atoms with E-state index in [1.165, 1.54) is 22.1 Å². The molecular formula is C22H20BrN. The van der Waals surface area contributed by atoms with Crippen LogP contribution in [0.15, 0.2) is 59.1 Å². The Labute approximate surface area is 151 Å². The molecule has 120 valence electrons. The van der Waals surface area contributed by atoms with Gasteiger partial charge in [-0.2, -0.15) is 0 Å². The fourth-order valence-electron chi connectivity index (χ4n) is 3.92. The van der Waals surface area contributed by atoms with Crippen molar-refractivity contribution in [3.8, 4) is 0 Å². The third kappa shape index (κ3) is 2.41. The summed E-state index contributed by atoms with van der Waals surface area (Å²) < 4.78 is 1.10. The van der Waals surface area contributed by atoms with Crippen molar-refractivity contribution in [3.63, 3.8) is 0 Å². The minimum Gasteiger partial charge on any atom is -0.248 e. The van der Waals surface area contributed by atoms with Crippen LogP contribution in [0.25, 0.3) is 22.6 Å². The molecule has 2 aromatic rings. The maximum Gasteiger partial charge on any atom is 0.0726 e. The van der Waals surface area contributed by atoms with E-state index in [2.05, 4.69) is 78.9 Å². The van der Waals surface area contributed by atoms with Gasteiger partial charge in [0.25, 0.3) is 0 Å². The number of hydrogen-bond donors (Lipinski definition) is 0. The van der Waals surface area contributed by atoms with Gasteiger partial charge in [-0.15, -0.1) is 0 Å². The molecule has 0 fully saturated rings. The number of benzene rings is 1. The van der Waals surface area contributed by atoms with Crippen LogP contribution in [0.5, 0.6) is 0 Å². The molecule has 0 saturated carbocycles. The highest BCUT2D eigenvalue weighted by molar-refractivity contribution is 9.10. The van der Waals surface area contributed by atoms with Crippen molar-refractivity contribution in [1.29, 1.82) is 0 Å². The first-order valence-corrected chi connectivity index (χ1v) is 9.16. The Bertz CT molecular complexity index is 946. The number of rotatable bonds is 2. The summed E-state index contributed by atoms with van der Waals surface area (Å²) >= 11 is 3.64. The smallest absolute Gasteiger partial charge is 0.0726 e. The maximum absolute atomic E-state index is 4.99. The Kier molecular flexibility index (Phi) is 3.80. The zero-order valence-electron chi connectivity index (χ0n) is 14.0. The molecule has 0 N–H and O–H groups in total. The van der Waals surface area contributed by atoms with Gasteiger partial charge in [0.05, 0.1) is 11.2 Å². The number of aryl methyl sites for hydroxylation is 1. The quantitative estimate of drug-likeness (QED) is 0.582. The number of fused-ring (bicyclic) bond motifs is 2. The van der Waals surface area contributed by atoms with Crippen LogP contribution in [-0.4, -0.2) is 4.98 Å². The SMILES string of the molecule is C=Cc1cc(C2=C(C)C3C=CC=CC3C2)nc2cc(Br)c(C)cc12. The van der Waals surface area contributed by atoms with Crippen molar-refractivity contribution < 1.29 is 0 Å². The lowest BCUT2D eigenvalue weighted by molar-refractivity contribution is 0.579. The standard InChI is InChI=1S/C22H20BrN/c1-4-15-11-21(24-22-12-20(23)13(2)9-19(15)22)18-10-16-7-5-6-8-17(16)14(18)3/h4-9,11-12,16-17H,1,10H2,2-3H3. The average Bonchev–Trinajstić information content (AvgIpc) is 2.92. The Balaban J connectivity index is 1.90. The summed E-state index contributed by atoms with van der Waals surface area (Å²) in [5.74, 6) is 1.11. The van der Waals surface area contributed by atoms with Crippen molar-refractivity contribution in [2.45, 2.75) is 20.3 Å². The molecule has 2 unspecified atom stereocenters. The van der Waals surface area contributed by atoms with Gasteiger partial charge >= 0.3 is 0 Å². The van der Waals surface area contributed by atoms with E-state index in [0.29, 0.717) is 11.8 Å². The fraction of sp³-hybridized carbons (Fsp3) is 0.227. The van der Waals surface area contributed by atoms with Crippen molar-refractivity contribution in [2.24, 2.45) is 11.8 Å². The van der Waals surface area contributed by atoms with Crippen LogP contribution >= 0.6 is 15.9 Å². The fourth-order valence-corrected chi connectivity index (χ4v) is 4.25. The first-order chi connectivity index (χ1) is 11.6. The first-order valence-electron chi connectivity index (χ1n) is 8.37. The summed E-state index contributed by atoms with van der Waals surface area (Å²) in [6.07, 6.45) is 12.0. The molecule has 4 rings (SSSR count). The molecule has 0 amide bonds. The predicted molar refractivity (Wildman–Crippen MR) is 107 cm³/mol. The molecule has 0 aliphatic heterocycles. The minimum atomic E-state index is 0.527. The molecule has 1 heterocycles. The molecule has 24 heavy (non-hydrogen) atoms. The Morgan fingerprint density at radius 3 is 2.71 bits per heavy atom. The van der Waals surface area contributed by atoms with Crippen molar-refractivity contribution in [3.05, 3.63) is 75.9 Å². The van der Waals surface area contributed by atoms with Crippen molar-refractivity contribution in [1.82, 2.24) is 4.98 Å². The van der Waals surface area contributed by atoms with Gasteiger partial charge in [0, 0.05) is 15.8 Å². The molecular weight excluding hydrogens is 358 g/mol.